The first-order chi connectivity index (χ1) is 10.5. The molecule has 0 aliphatic heterocycles. The molecular formula is C18H25NO3. The Bertz CT molecular complexity index is 630. The Morgan fingerprint density at radius 2 is 2.05 bits per heavy atom. The van der Waals surface area contributed by atoms with Gasteiger partial charge in [0.15, 0.2) is 0 Å². The highest BCUT2D eigenvalue weighted by atomic mass is 16.4. The van der Waals surface area contributed by atoms with Gasteiger partial charge in [-0.3, -0.25) is 4.79 Å². The molecule has 1 heterocycles. The third-order valence-corrected chi connectivity index (χ3v) is 3.90. The average Bonchev–Trinajstić information content (AvgIpc) is 2.84. The first-order valence-electron chi connectivity index (χ1n) is 7.95. The van der Waals surface area contributed by atoms with Crippen LogP contribution >= 0.6 is 0 Å². The number of furan rings is 1. The topological polar surface area (TPSA) is 62.5 Å². The highest BCUT2D eigenvalue weighted by Gasteiger charge is 2.19. The van der Waals surface area contributed by atoms with E-state index in [1.165, 1.54) is 0 Å². The summed E-state index contributed by atoms with van der Waals surface area (Å²) >= 11 is 0. The number of hydrogen-bond acceptors (Lipinski definition) is 3. The quantitative estimate of drug-likeness (QED) is 0.778. The summed E-state index contributed by atoms with van der Waals surface area (Å²) in [5.74, 6) is 0.283. The van der Waals surface area contributed by atoms with Gasteiger partial charge in [-0.15, -0.1) is 0 Å². The van der Waals surface area contributed by atoms with E-state index in [0.29, 0.717) is 25.4 Å². The summed E-state index contributed by atoms with van der Waals surface area (Å²) in [7, 11) is 0. The fourth-order valence-electron chi connectivity index (χ4n) is 2.84. The van der Waals surface area contributed by atoms with E-state index in [9.17, 15) is 9.90 Å². The van der Waals surface area contributed by atoms with E-state index < -0.39 is 5.97 Å². The predicted molar refractivity (Wildman–Crippen MR) is 87.9 cm³/mol. The lowest BCUT2D eigenvalue weighted by Crippen LogP contribution is -2.29. The molecule has 0 saturated carbocycles. The van der Waals surface area contributed by atoms with Crippen molar-refractivity contribution in [3.63, 3.8) is 0 Å². The van der Waals surface area contributed by atoms with Crippen molar-refractivity contribution in [1.29, 1.82) is 0 Å². The zero-order chi connectivity index (χ0) is 16.1. The maximum Gasteiger partial charge on any atom is 0.307 e. The number of aryl methyl sites for hydroxylation is 1. The summed E-state index contributed by atoms with van der Waals surface area (Å²) < 4.78 is 5.86. The third-order valence-electron chi connectivity index (χ3n) is 3.90. The molecule has 4 nitrogen and oxygen atoms in total. The van der Waals surface area contributed by atoms with Crippen LogP contribution in [0.5, 0.6) is 0 Å². The lowest BCUT2D eigenvalue weighted by Gasteiger charge is -2.15. The first kappa shape index (κ1) is 16.6. The van der Waals surface area contributed by atoms with Crippen LogP contribution < -0.4 is 5.32 Å². The summed E-state index contributed by atoms with van der Waals surface area (Å²) in [5.41, 5.74) is 2.04. The molecule has 0 amide bonds. The molecule has 0 aliphatic carbocycles. The van der Waals surface area contributed by atoms with Crippen molar-refractivity contribution >= 4 is 16.9 Å². The molecule has 120 valence electrons. The number of aliphatic carboxylic acids is 1. The molecule has 0 radical (unpaired) electrons. The molecule has 2 rings (SSSR count). The van der Waals surface area contributed by atoms with Crippen LogP contribution in [0.2, 0.25) is 0 Å². The Hall–Kier alpha value is -1.81. The minimum absolute atomic E-state index is 0.344. The Balaban J connectivity index is 2.06. The molecule has 2 aromatic rings. The minimum atomic E-state index is -0.728. The molecule has 4 heteroatoms. The van der Waals surface area contributed by atoms with E-state index in [4.69, 9.17) is 4.42 Å². The van der Waals surface area contributed by atoms with Gasteiger partial charge >= 0.3 is 5.97 Å². The van der Waals surface area contributed by atoms with Crippen LogP contribution in [0, 0.1) is 11.8 Å². The first-order valence-corrected chi connectivity index (χ1v) is 7.95. The average molecular weight is 303 g/mol. The second kappa shape index (κ2) is 7.45. The molecule has 2 N–H and O–H groups in total. The molecule has 1 unspecified atom stereocenters. The van der Waals surface area contributed by atoms with Crippen LogP contribution in [-0.2, 0) is 17.8 Å². The third kappa shape index (κ3) is 3.89. The van der Waals surface area contributed by atoms with E-state index in [2.05, 4.69) is 32.2 Å². The molecular weight excluding hydrogens is 278 g/mol. The van der Waals surface area contributed by atoms with Crippen LogP contribution in [0.4, 0.5) is 0 Å². The molecule has 0 saturated heterocycles. The lowest BCUT2D eigenvalue weighted by molar-refractivity contribution is -0.142. The number of carboxylic acids is 1. The van der Waals surface area contributed by atoms with Crippen molar-refractivity contribution in [2.75, 3.05) is 6.54 Å². The molecule has 1 atom stereocenters. The van der Waals surface area contributed by atoms with Gasteiger partial charge in [0.1, 0.15) is 11.3 Å². The summed E-state index contributed by atoms with van der Waals surface area (Å²) in [4.78, 5) is 11.3. The smallest absolute Gasteiger partial charge is 0.307 e. The number of fused-ring (bicyclic) bond motifs is 1. The predicted octanol–water partition coefficient (Wildman–Crippen LogP) is 3.83. The monoisotopic (exact) mass is 303 g/mol. The zero-order valence-corrected chi connectivity index (χ0v) is 13.6. The number of hydrogen-bond donors (Lipinski definition) is 2. The van der Waals surface area contributed by atoms with Gasteiger partial charge in [0.25, 0.3) is 0 Å². The maximum absolute atomic E-state index is 11.3. The molecule has 0 bridgehead atoms. The van der Waals surface area contributed by atoms with E-state index >= 15 is 0 Å². The zero-order valence-electron chi connectivity index (χ0n) is 13.6. The van der Waals surface area contributed by atoms with Crippen LogP contribution in [0.15, 0.2) is 28.7 Å². The van der Waals surface area contributed by atoms with Gasteiger partial charge in [0.05, 0.1) is 5.92 Å². The van der Waals surface area contributed by atoms with Gasteiger partial charge in [0, 0.05) is 30.5 Å². The Morgan fingerprint density at radius 3 is 2.68 bits per heavy atom. The molecule has 0 spiro atoms. The number of nitrogens with one attached hydrogen (secondary N) is 1. The van der Waals surface area contributed by atoms with Crippen molar-refractivity contribution in [2.45, 2.75) is 40.2 Å². The van der Waals surface area contributed by atoms with E-state index in [1.54, 1.807) is 0 Å². The van der Waals surface area contributed by atoms with Crippen molar-refractivity contribution in [3.8, 4) is 0 Å². The van der Waals surface area contributed by atoms with E-state index in [0.717, 1.165) is 28.7 Å². The van der Waals surface area contributed by atoms with Gasteiger partial charge in [-0.25, -0.2) is 0 Å². The number of carboxylic acid groups (broad SMARTS) is 1. The number of carbonyl (C=O) groups is 1. The minimum Gasteiger partial charge on any atom is -0.481 e. The van der Waals surface area contributed by atoms with Crippen molar-refractivity contribution in [2.24, 2.45) is 11.8 Å². The fourth-order valence-corrected chi connectivity index (χ4v) is 2.84. The molecule has 0 fully saturated rings. The van der Waals surface area contributed by atoms with Gasteiger partial charge in [-0.1, -0.05) is 39.0 Å². The summed E-state index contributed by atoms with van der Waals surface area (Å²) in [6.07, 6.45) is 1.52. The van der Waals surface area contributed by atoms with E-state index in [-0.39, 0.29) is 5.92 Å². The lowest BCUT2D eigenvalue weighted by atomic mass is 9.97. The number of rotatable bonds is 8. The van der Waals surface area contributed by atoms with Gasteiger partial charge in [0.2, 0.25) is 0 Å². The molecule has 1 aromatic heterocycles. The highest BCUT2D eigenvalue weighted by Crippen LogP contribution is 2.26. The van der Waals surface area contributed by atoms with Crippen molar-refractivity contribution < 1.29 is 14.3 Å². The highest BCUT2D eigenvalue weighted by molar-refractivity contribution is 5.82. The van der Waals surface area contributed by atoms with E-state index in [1.807, 2.05) is 18.2 Å². The number of benzene rings is 1. The van der Waals surface area contributed by atoms with Gasteiger partial charge < -0.3 is 14.8 Å². The normalized spacial score (nSPS) is 12.9. The van der Waals surface area contributed by atoms with Gasteiger partial charge in [-0.2, -0.15) is 0 Å². The summed E-state index contributed by atoms with van der Waals surface area (Å²) in [5, 5.41) is 13.7. The Morgan fingerprint density at radius 1 is 1.32 bits per heavy atom. The van der Waals surface area contributed by atoms with Crippen molar-refractivity contribution in [1.82, 2.24) is 5.32 Å². The van der Waals surface area contributed by atoms with Crippen LogP contribution in [0.3, 0.4) is 0 Å². The fraction of sp³-hybridized carbons (Fsp3) is 0.500. The standard InChI is InChI=1S/C18H25NO3/c1-4-16-15(14-7-5-6-8-17(14)22-16)11-19-10-13(18(20)21)9-12(2)3/h5-8,12-13,19H,4,9-11H2,1-3H3,(H,20,21). The van der Waals surface area contributed by atoms with Crippen LogP contribution in [0.25, 0.3) is 11.0 Å². The molecule has 1 aromatic carbocycles. The summed E-state index contributed by atoms with van der Waals surface area (Å²) in [6, 6.07) is 7.99. The maximum atomic E-state index is 11.3. The Labute approximate surface area is 131 Å². The summed E-state index contributed by atoms with van der Waals surface area (Å²) in [6.45, 7) is 7.29. The molecule has 0 aliphatic rings. The number of para-hydroxylation sites is 1. The second-order valence-electron chi connectivity index (χ2n) is 6.15. The largest absolute Gasteiger partial charge is 0.481 e. The SMILES string of the molecule is CCc1oc2ccccc2c1CNCC(CC(C)C)C(=O)O. The van der Waals surface area contributed by atoms with Crippen LogP contribution in [-0.4, -0.2) is 17.6 Å². The van der Waals surface area contributed by atoms with Crippen molar-refractivity contribution in [3.05, 3.63) is 35.6 Å². The Kier molecular flexibility index (Phi) is 5.61. The molecule has 22 heavy (non-hydrogen) atoms. The van der Waals surface area contributed by atoms with Gasteiger partial charge in [-0.05, 0) is 18.4 Å². The second-order valence-corrected chi connectivity index (χ2v) is 6.15. The van der Waals surface area contributed by atoms with Crippen LogP contribution in [0.1, 0.15) is 38.5 Å².